The van der Waals surface area contributed by atoms with Crippen LogP contribution in [0.2, 0.25) is 0 Å². The molecule has 8 aliphatic rings. The second kappa shape index (κ2) is 6.87. The molecule has 8 rings (SSSR count). The summed E-state index contributed by atoms with van der Waals surface area (Å²) in [5.41, 5.74) is -3.78. The summed E-state index contributed by atoms with van der Waals surface area (Å²) in [6.45, 7) is 8.96. The third-order valence-electron chi connectivity index (χ3n) is 12.7. The molecule has 5 heterocycles. The molecule has 0 aromatic rings. The molecule has 0 aromatic heterocycles. The van der Waals surface area contributed by atoms with E-state index < -0.39 is 45.4 Å². The van der Waals surface area contributed by atoms with Gasteiger partial charge in [0.05, 0.1) is 31.2 Å². The summed E-state index contributed by atoms with van der Waals surface area (Å²) in [6.07, 6.45) is 5.50. The molecule has 5 saturated heterocycles. The van der Waals surface area contributed by atoms with Crippen molar-refractivity contribution in [1.29, 1.82) is 0 Å². The predicted octanol–water partition coefficient (Wildman–Crippen LogP) is 2.83. The number of piperidine rings is 1. The summed E-state index contributed by atoms with van der Waals surface area (Å²) in [6, 6.07) is 0. The maximum Gasteiger partial charge on any atom is 0.306 e. The van der Waals surface area contributed by atoms with Crippen molar-refractivity contribution in [3.05, 3.63) is 11.6 Å². The van der Waals surface area contributed by atoms with Crippen LogP contribution >= 0.6 is 0 Å². The number of carbonyl (C=O) groups excluding carboxylic acids is 4. The first-order valence-electron chi connectivity index (χ1n) is 14.5. The minimum Gasteiger partial charge on any atom is -0.465 e. The first-order chi connectivity index (χ1) is 18.0. The number of allylic oxidation sites excluding steroid dienone is 2. The summed E-state index contributed by atoms with van der Waals surface area (Å²) < 4.78 is 19.4. The van der Waals surface area contributed by atoms with Gasteiger partial charge in [-0.2, -0.15) is 0 Å². The normalized spacial score (nSPS) is 56.8. The lowest BCUT2D eigenvalue weighted by molar-refractivity contribution is -0.313. The lowest BCUT2D eigenvalue weighted by Crippen LogP contribution is -2.82. The summed E-state index contributed by atoms with van der Waals surface area (Å²) in [7, 11) is 0. The molecule has 4 bridgehead atoms. The van der Waals surface area contributed by atoms with Crippen LogP contribution < -0.4 is 0 Å². The SMILES string of the molecule is CC1=CC(=O)[C@@H]2[C@@H](C1)[C@]13CO[C@@]4(C1=O)N1C[C@H]5C[C@H](C)CC1(CC[C@@]4(C)[C@]1(COC(=O)C1)[C@H]3C(=O)[C@@H]2C)O5. The number of hydrogen-bond acceptors (Lipinski definition) is 8. The minimum absolute atomic E-state index is 0.0285. The van der Waals surface area contributed by atoms with Gasteiger partial charge in [-0.05, 0) is 56.9 Å². The molecule has 8 heteroatoms. The maximum atomic E-state index is 15.4. The van der Waals surface area contributed by atoms with E-state index in [1.165, 1.54) is 0 Å². The van der Waals surface area contributed by atoms with Gasteiger partial charge < -0.3 is 14.2 Å². The summed E-state index contributed by atoms with van der Waals surface area (Å²) in [5, 5.41) is 0. The number of hydrogen-bond donors (Lipinski definition) is 0. The monoisotopic (exact) mass is 523 g/mol. The maximum absolute atomic E-state index is 15.4. The van der Waals surface area contributed by atoms with Crippen LogP contribution in [0.3, 0.4) is 0 Å². The van der Waals surface area contributed by atoms with Gasteiger partial charge in [0, 0.05) is 35.1 Å². The highest BCUT2D eigenvalue weighted by molar-refractivity contribution is 6.08. The fourth-order valence-electron chi connectivity index (χ4n) is 11.4. The number of nitrogens with zero attached hydrogens (tertiary/aromatic N) is 1. The van der Waals surface area contributed by atoms with Crippen LogP contribution in [0.4, 0.5) is 0 Å². The third kappa shape index (κ3) is 2.24. The van der Waals surface area contributed by atoms with Crippen molar-refractivity contribution in [3.63, 3.8) is 0 Å². The van der Waals surface area contributed by atoms with E-state index in [-0.39, 0.29) is 55.0 Å². The molecule has 11 atom stereocenters. The number of esters is 1. The second-order valence-corrected chi connectivity index (χ2v) is 14.3. The quantitative estimate of drug-likeness (QED) is 0.447. The van der Waals surface area contributed by atoms with E-state index in [0.29, 0.717) is 25.3 Å². The Morgan fingerprint density at radius 2 is 1.87 bits per heavy atom. The van der Waals surface area contributed by atoms with Gasteiger partial charge in [-0.15, -0.1) is 0 Å². The van der Waals surface area contributed by atoms with E-state index in [9.17, 15) is 14.4 Å². The fraction of sp³-hybridized carbons (Fsp3) is 0.800. The van der Waals surface area contributed by atoms with Crippen LogP contribution in [-0.2, 0) is 33.4 Å². The number of carbonyl (C=O) groups is 4. The van der Waals surface area contributed by atoms with Gasteiger partial charge in [0.2, 0.25) is 0 Å². The molecule has 0 aromatic carbocycles. The molecule has 1 unspecified atom stereocenters. The van der Waals surface area contributed by atoms with Crippen LogP contribution in [0.15, 0.2) is 11.6 Å². The van der Waals surface area contributed by atoms with Gasteiger partial charge in [0.25, 0.3) is 0 Å². The fourth-order valence-corrected chi connectivity index (χ4v) is 11.4. The number of rotatable bonds is 0. The average molecular weight is 524 g/mol. The average Bonchev–Trinajstić information content (AvgIpc) is 3.45. The molecule has 8 nitrogen and oxygen atoms in total. The Morgan fingerprint density at radius 3 is 2.61 bits per heavy atom. The number of ether oxygens (including phenoxy) is 3. The minimum atomic E-state index is -1.31. The number of ketones is 3. The summed E-state index contributed by atoms with van der Waals surface area (Å²) in [4.78, 5) is 58.6. The van der Waals surface area contributed by atoms with E-state index in [1.54, 1.807) is 6.08 Å². The van der Waals surface area contributed by atoms with Gasteiger partial charge in [-0.1, -0.05) is 26.3 Å². The topological polar surface area (TPSA) is 99.2 Å². The van der Waals surface area contributed by atoms with Gasteiger partial charge in [-0.3, -0.25) is 19.2 Å². The van der Waals surface area contributed by atoms with Crippen LogP contribution in [-0.4, -0.2) is 65.5 Å². The van der Waals surface area contributed by atoms with Crippen molar-refractivity contribution in [2.75, 3.05) is 19.8 Å². The van der Waals surface area contributed by atoms with E-state index in [0.717, 1.165) is 24.8 Å². The molecule has 4 spiro atoms. The molecular formula is C30H37NO7. The number of cyclic esters (lactones) is 1. The highest BCUT2D eigenvalue weighted by atomic mass is 16.6. The zero-order valence-electron chi connectivity index (χ0n) is 22.7. The Bertz CT molecular complexity index is 1260. The first-order valence-corrected chi connectivity index (χ1v) is 14.5. The lowest BCUT2D eigenvalue weighted by atomic mass is 9.34. The molecule has 3 aliphatic carbocycles. The van der Waals surface area contributed by atoms with Crippen LogP contribution in [0, 0.1) is 45.8 Å². The predicted molar refractivity (Wildman–Crippen MR) is 132 cm³/mol. The Hall–Kier alpha value is -1.90. The van der Waals surface area contributed by atoms with E-state index in [1.807, 2.05) is 13.8 Å². The third-order valence-corrected chi connectivity index (χ3v) is 12.7. The number of Topliss-reactive ketones (excluding diaryl/α,β-unsaturated/α-hetero) is 2. The van der Waals surface area contributed by atoms with Crippen LogP contribution in [0.5, 0.6) is 0 Å². The first kappa shape index (κ1) is 23.9. The van der Waals surface area contributed by atoms with Crippen molar-refractivity contribution in [2.24, 2.45) is 45.8 Å². The smallest absolute Gasteiger partial charge is 0.306 e. The van der Waals surface area contributed by atoms with Crippen LogP contribution in [0.25, 0.3) is 0 Å². The Kier molecular flexibility index (Phi) is 4.33. The standard InChI is InChI=1S/C30H37NO7/c1-15-8-19-22(20(32)9-15)17(3)23(34)24-27(11-21(33)36-13-27)26(4)5-6-28-10-16(2)7-18(38-28)12-31(28)30(26)25(35)29(19,24)14-37-30/h9,16-19,22,24H,5-8,10-14H2,1-4H3/t16-,17+,18+,19+,22-,24+,26-,27+,28?,29-,30+/m0/s1. The highest BCUT2D eigenvalue weighted by Gasteiger charge is 2.89. The summed E-state index contributed by atoms with van der Waals surface area (Å²) >= 11 is 0. The van der Waals surface area contributed by atoms with Gasteiger partial charge >= 0.3 is 5.97 Å². The van der Waals surface area contributed by atoms with E-state index in [2.05, 4.69) is 18.7 Å². The Morgan fingerprint density at radius 1 is 1.08 bits per heavy atom. The van der Waals surface area contributed by atoms with Crippen molar-refractivity contribution in [3.8, 4) is 0 Å². The summed E-state index contributed by atoms with van der Waals surface area (Å²) in [5.74, 6) is -2.11. The molecule has 0 N–H and O–H groups in total. The molecule has 2 saturated carbocycles. The van der Waals surface area contributed by atoms with Crippen molar-refractivity contribution >= 4 is 23.3 Å². The molecular weight excluding hydrogens is 486 g/mol. The largest absolute Gasteiger partial charge is 0.465 e. The lowest BCUT2D eigenvalue weighted by Gasteiger charge is -2.70. The molecule has 5 aliphatic heterocycles. The zero-order valence-corrected chi connectivity index (χ0v) is 22.7. The molecule has 204 valence electrons. The van der Waals surface area contributed by atoms with Crippen molar-refractivity contribution in [1.82, 2.24) is 4.90 Å². The molecule has 0 radical (unpaired) electrons. The van der Waals surface area contributed by atoms with Gasteiger partial charge in [-0.25, -0.2) is 4.90 Å². The van der Waals surface area contributed by atoms with Crippen molar-refractivity contribution < 1.29 is 33.4 Å². The van der Waals surface area contributed by atoms with Crippen LogP contribution in [0.1, 0.15) is 66.2 Å². The van der Waals surface area contributed by atoms with E-state index >= 15 is 4.79 Å². The second-order valence-electron chi connectivity index (χ2n) is 14.3. The van der Waals surface area contributed by atoms with E-state index in [4.69, 9.17) is 14.2 Å². The Balaban J connectivity index is 1.40. The Labute approximate surface area is 222 Å². The highest BCUT2D eigenvalue weighted by Crippen LogP contribution is 2.78. The van der Waals surface area contributed by atoms with Crippen molar-refractivity contribution in [2.45, 2.75) is 83.8 Å². The molecule has 7 fully saturated rings. The molecule has 38 heavy (non-hydrogen) atoms. The zero-order chi connectivity index (χ0) is 26.6. The number of fused-ring (bicyclic) bond motifs is 4. The van der Waals surface area contributed by atoms with Gasteiger partial charge in [0.15, 0.2) is 17.3 Å². The molecule has 0 amide bonds. The van der Waals surface area contributed by atoms with Gasteiger partial charge in [0.1, 0.15) is 11.5 Å².